The van der Waals surface area contributed by atoms with Gasteiger partial charge in [-0.15, -0.1) is 0 Å². The molecular formula is C14H24N2O4. The topological polar surface area (TPSA) is 98.5 Å². The Balaban J connectivity index is 2.69. The number of rotatable bonds is 5. The van der Waals surface area contributed by atoms with Crippen LogP contribution in [0.1, 0.15) is 52.9 Å². The van der Waals surface area contributed by atoms with Gasteiger partial charge in [-0.2, -0.15) is 0 Å². The largest absolute Gasteiger partial charge is 0.455 e. The van der Waals surface area contributed by atoms with Crippen molar-refractivity contribution >= 4 is 17.8 Å². The first-order valence-corrected chi connectivity index (χ1v) is 6.91. The molecule has 0 aromatic rings. The van der Waals surface area contributed by atoms with Crippen LogP contribution >= 0.6 is 0 Å². The Kier molecular flexibility index (Phi) is 5.14. The molecule has 1 rings (SSSR count). The van der Waals surface area contributed by atoms with E-state index in [4.69, 9.17) is 10.5 Å². The monoisotopic (exact) mass is 284 g/mol. The Hall–Kier alpha value is -1.59. The Morgan fingerprint density at radius 2 is 1.75 bits per heavy atom. The van der Waals surface area contributed by atoms with Crippen molar-refractivity contribution in [1.82, 2.24) is 5.32 Å². The van der Waals surface area contributed by atoms with E-state index in [-0.39, 0.29) is 17.9 Å². The van der Waals surface area contributed by atoms with Crippen LogP contribution in [-0.4, -0.2) is 29.9 Å². The lowest BCUT2D eigenvalue weighted by molar-refractivity contribution is -0.160. The second-order valence-corrected chi connectivity index (χ2v) is 6.50. The average Bonchev–Trinajstić information content (AvgIpc) is 2.72. The minimum absolute atomic E-state index is 0.0991. The number of carbonyl (C=O) groups excluding carboxylic acids is 3. The fourth-order valence-electron chi connectivity index (χ4n) is 2.56. The number of esters is 1. The van der Waals surface area contributed by atoms with Crippen molar-refractivity contribution in [1.29, 1.82) is 0 Å². The molecule has 0 spiro atoms. The van der Waals surface area contributed by atoms with Crippen molar-refractivity contribution in [3.05, 3.63) is 0 Å². The second-order valence-electron chi connectivity index (χ2n) is 6.50. The molecule has 2 amide bonds. The number of nitrogens with one attached hydrogen (secondary N) is 1. The van der Waals surface area contributed by atoms with Crippen LogP contribution in [0, 0.1) is 5.41 Å². The molecule has 3 N–H and O–H groups in total. The Morgan fingerprint density at radius 3 is 2.20 bits per heavy atom. The molecule has 1 fully saturated rings. The summed E-state index contributed by atoms with van der Waals surface area (Å²) in [5, 5.41) is 2.85. The van der Waals surface area contributed by atoms with Gasteiger partial charge in [-0.1, -0.05) is 12.8 Å². The Labute approximate surface area is 119 Å². The molecule has 0 heterocycles. The number of hydrogen-bond donors (Lipinski definition) is 2. The third-order valence-electron chi connectivity index (χ3n) is 3.35. The van der Waals surface area contributed by atoms with Gasteiger partial charge in [0.2, 0.25) is 5.91 Å². The lowest BCUT2D eigenvalue weighted by Crippen LogP contribution is -2.44. The molecule has 1 saturated carbocycles. The molecule has 20 heavy (non-hydrogen) atoms. The zero-order valence-electron chi connectivity index (χ0n) is 12.5. The zero-order valence-corrected chi connectivity index (χ0v) is 12.5. The Morgan fingerprint density at radius 1 is 1.20 bits per heavy atom. The SMILES string of the molecule is CC(C)(C)NC(=O)CC1(C(=O)OCC(N)=O)CCCC1. The summed E-state index contributed by atoms with van der Waals surface area (Å²) in [7, 11) is 0. The molecule has 0 bridgehead atoms. The maximum atomic E-state index is 12.2. The number of ether oxygens (including phenoxy) is 1. The highest BCUT2D eigenvalue weighted by molar-refractivity contribution is 5.87. The molecule has 0 aliphatic heterocycles. The van der Waals surface area contributed by atoms with Crippen LogP contribution in [0.2, 0.25) is 0 Å². The molecule has 114 valence electrons. The van der Waals surface area contributed by atoms with Crippen LogP contribution in [0.3, 0.4) is 0 Å². The fourth-order valence-corrected chi connectivity index (χ4v) is 2.56. The van der Waals surface area contributed by atoms with E-state index in [2.05, 4.69) is 5.32 Å². The van der Waals surface area contributed by atoms with Gasteiger partial charge in [0, 0.05) is 12.0 Å². The van der Waals surface area contributed by atoms with Gasteiger partial charge in [-0.25, -0.2) is 0 Å². The van der Waals surface area contributed by atoms with Gasteiger partial charge in [0.25, 0.3) is 5.91 Å². The van der Waals surface area contributed by atoms with Crippen LogP contribution in [0.4, 0.5) is 0 Å². The van der Waals surface area contributed by atoms with E-state index in [1.165, 1.54) is 0 Å². The Bertz CT molecular complexity index is 392. The van der Waals surface area contributed by atoms with Gasteiger partial charge >= 0.3 is 5.97 Å². The second kappa shape index (κ2) is 6.24. The molecule has 1 aliphatic carbocycles. The first-order chi connectivity index (χ1) is 9.15. The van der Waals surface area contributed by atoms with E-state index in [1.54, 1.807) is 0 Å². The molecule has 0 aromatic carbocycles. The number of hydrogen-bond acceptors (Lipinski definition) is 4. The summed E-state index contributed by atoms with van der Waals surface area (Å²) in [6.45, 7) is 5.23. The van der Waals surface area contributed by atoms with E-state index in [1.807, 2.05) is 20.8 Å². The molecule has 0 radical (unpaired) electrons. The predicted molar refractivity (Wildman–Crippen MR) is 73.6 cm³/mol. The highest BCUT2D eigenvalue weighted by atomic mass is 16.5. The van der Waals surface area contributed by atoms with Crippen molar-refractivity contribution < 1.29 is 19.1 Å². The summed E-state index contributed by atoms with van der Waals surface area (Å²) in [5.41, 5.74) is 3.83. The maximum absolute atomic E-state index is 12.2. The van der Waals surface area contributed by atoms with Crippen LogP contribution in [0.15, 0.2) is 0 Å². The van der Waals surface area contributed by atoms with Crippen molar-refractivity contribution in [2.45, 2.75) is 58.4 Å². The summed E-state index contributed by atoms with van der Waals surface area (Å²) in [6.07, 6.45) is 3.09. The molecule has 0 saturated heterocycles. The maximum Gasteiger partial charge on any atom is 0.313 e. The van der Waals surface area contributed by atoms with Gasteiger partial charge in [-0.3, -0.25) is 14.4 Å². The quantitative estimate of drug-likeness (QED) is 0.732. The first kappa shape index (κ1) is 16.5. The van der Waals surface area contributed by atoms with Gasteiger partial charge in [-0.05, 0) is 33.6 Å². The summed E-state index contributed by atoms with van der Waals surface area (Å²) < 4.78 is 4.93. The average molecular weight is 284 g/mol. The van der Waals surface area contributed by atoms with E-state index in [0.717, 1.165) is 12.8 Å². The number of amides is 2. The minimum atomic E-state index is -0.801. The third-order valence-corrected chi connectivity index (χ3v) is 3.35. The fraction of sp³-hybridized carbons (Fsp3) is 0.786. The summed E-state index contributed by atoms with van der Waals surface area (Å²) in [6, 6.07) is 0. The molecule has 1 aliphatic rings. The van der Waals surface area contributed by atoms with Crippen molar-refractivity contribution in [2.75, 3.05) is 6.61 Å². The molecule has 0 atom stereocenters. The van der Waals surface area contributed by atoms with Crippen molar-refractivity contribution in [3.63, 3.8) is 0 Å². The van der Waals surface area contributed by atoms with Crippen LogP contribution in [-0.2, 0) is 19.1 Å². The molecular weight excluding hydrogens is 260 g/mol. The molecule has 0 aromatic heterocycles. The lowest BCUT2D eigenvalue weighted by Gasteiger charge is -2.28. The van der Waals surface area contributed by atoms with E-state index < -0.39 is 23.9 Å². The molecule has 6 heteroatoms. The normalized spacial score (nSPS) is 17.6. The van der Waals surface area contributed by atoms with Crippen LogP contribution < -0.4 is 11.1 Å². The molecule has 0 unspecified atom stereocenters. The summed E-state index contributed by atoms with van der Waals surface area (Å²) in [4.78, 5) is 34.9. The molecule has 6 nitrogen and oxygen atoms in total. The third kappa shape index (κ3) is 4.83. The van der Waals surface area contributed by atoms with Gasteiger partial charge < -0.3 is 15.8 Å². The van der Waals surface area contributed by atoms with Crippen molar-refractivity contribution in [3.8, 4) is 0 Å². The van der Waals surface area contributed by atoms with E-state index in [9.17, 15) is 14.4 Å². The van der Waals surface area contributed by atoms with E-state index in [0.29, 0.717) is 12.8 Å². The highest BCUT2D eigenvalue weighted by Crippen LogP contribution is 2.42. The highest BCUT2D eigenvalue weighted by Gasteiger charge is 2.44. The van der Waals surface area contributed by atoms with Gasteiger partial charge in [0.15, 0.2) is 6.61 Å². The van der Waals surface area contributed by atoms with Crippen LogP contribution in [0.5, 0.6) is 0 Å². The first-order valence-electron chi connectivity index (χ1n) is 6.91. The zero-order chi connectivity index (χ0) is 15.4. The smallest absolute Gasteiger partial charge is 0.313 e. The summed E-state index contributed by atoms with van der Waals surface area (Å²) in [5.74, 6) is -1.35. The number of nitrogens with two attached hydrogens (primary N) is 1. The lowest BCUT2D eigenvalue weighted by atomic mass is 9.82. The van der Waals surface area contributed by atoms with Gasteiger partial charge in [0.05, 0.1) is 5.41 Å². The van der Waals surface area contributed by atoms with Crippen molar-refractivity contribution in [2.24, 2.45) is 11.1 Å². The standard InChI is InChI=1S/C14H24N2O4/c1-13(2,3)16-11(18)8-14(6-4-5-7-14)12(19)20-9-10(15)17/h4-9H2,1-3H3,(H2,15,17)(H,16,18). The van der Waals surface area contributed by atoms with Gasteiger partial charge in [0.1, 0.15) is 0 Å². The number of primary amides is 1. The number of carbonyl (C=O) groups is 3. The predicted octanol–water partition coefficient (Wildman–Crippen LogP) is 0.880. The minimum Gasteiger partial charge on any atom is -0.455 e. The summed E-state index contributed by atoms with van der Waals surface area (Å²) >= 11 is 0. The van der Waals surface area contributed by atoms with Crippen LogP contribution in [0.25, 0.3) is 0 Å². The van der Waals surface area contributed by atoms with E-state index >= 15 is 0 Å².